The first-order chi connectivity index (χ1) is 13.3. The molecule has 5 heteroatoms. The maximum absolute atomic E-state index is 12.4. The molecule has 0 unspecified atom stereocenters. The molecule has 3 rings (SSSR count). The molecule has 27 heavy (non-hydrogen) atoms. The van der Waals surface area contributed by atoms with E-state index >= 15 is 0 Å². The number of carbonyl (C=O) groups is 1. The second-order valence-electron chi connectivity index (χ2n) is 6.25. The minimum Gasteiger partial charge on any atom is -0.352 e. The second-order valence-corrected chi connectivity index (χ2v) is 6.25. The Balaban J connectivity index is 1.62. The highest BCUT2D eigenvalue weighted by atomic mass is 16.1. The molecule has 0 atom stereocenters. The summed E-state index contributed by atoms with van der Waals surface area (Å²) in [4.78, 5) is 23.0. The first-order valence-corrected chi connectivity index (χ1v) is 9.19. The Kier molecular flexibility index (Phi) is 6.52. The number of nitrogens with zero attached hydrogens (tertiary/aromatic N) is 3. The molecule has 0 fully saturated rings. The summed E-state index contributed by atoms with van der Waals surface area (Å²) in [6.45, 7) is 4.18. The SMILES string of the molecule is CCN(Cc1ccccc1)c1cc(C(=O)NCCc2ccccc2)ncn1. The van der Waals surface area contributed by atoms with Crippen LogP contribution in [0.15, 0.2) is 73.1 Å². The molecule has 138 valence electrons. The van der Waals surface area contributed by atoms with Gasteiger partial charge >= 0.3 is 0 Å². The van der Waals surface area contributed by atoms with E-state index in [4.69, 9.17) is 0 Å². The van der Waals surface area contributed by atoms with Crippen LogP contribution >= 0.6 is 0 Å². The first-order valence-electron chi connectivity index (χ1n) is 9.19. The van der Waals surface area contributed by atoms with Gasteiger partial charge in [0.15, 0.2) is 0 Å². The molecule has 0 aliphatic rings. The molecule has 0 radical (unpaired) electrons. The molecule has 2 aromatic carbocycles. The molecule has 0 aliphatic carbocycles. The highest BCUT2D eigenvalue weighted by molar-refractivity contribution is 5.92. The fourth-order valence-electron chi connectivity index (χ4n) is 2.86. The third-order valence-corrected chi connectivity index (χ3v) is 4.35. The Hall–Kier alpha value is -3.21. The third kappa shape index (κ3) is 5.38. The number of nitrogens with one attached hydrogen (secondary N) is 1. The molecule has 0 aliphatic heterocycles. The predicted octanol–water partition coefficient (Wildman–Crippen LogP) is 3.48. The van der Waals surface area contributed by atoms with E-state index in [9.17, 15) is 4.79 Å². The van der Waals surface area contributed by atoms with Gasteiger partial charge in [-0.3, -0.25) is 4.79 Å². The van der Waals surface area contributed by atoms with Gasteiger partial charge in [0.05, 0.1) is 0 Å². The molecule has 5 nitrogen and oxygen atoms in total. The van der Waals surface area contributed by atoms with Crippen LogP contribution in [0, 0.1) is 0 Å². The van der Waals surface area contributed by atoms with E-state index in [1.807, 2.05) is 36.4 Å². The first kappa shape index (κ1) is 18.6. The van der Waals surface area contributed by atoms with E-state index < -0.39 is 0 Å². The minimum atomic E-state index is -0.176. The molecule has 3 aromatic rings. The van der Waals surface area contributed by atoms with Crippen molar-refractivity contribution in [1.82, 2.24) is 15.3 Å². The van der Waals surface area contributed by atoms with Crippen LogP contribution in [0.5, 0.6) is 0 Å². The van der Waals surface area contributed by atoms with Gasteiger partial charge in [0, 0.05) is 25.7 Å². The normalized spacial score (nSPS) is 10.4. The summed E-state index contributed by atoms with van der Waals surface area (Å²) >= 11 is 0. The summed E-state index contributed by atoms with van der Waals surface area (Å²) in [7, 11) is 0. The molecule has 0 saturated heterocycles. The fraction of sp³-hybridized carbons (Fsp3) is 0.227. The summed E-state index contributed by atoms with van der Waals surface area (Å²) in [5.41, 5.74) is 2.78. The van der Waals surface area contributed by atoms with Crippen LogP contribution in [0.25, 0.3) is 0 Å². The average Bonchev–Trinajstić information content (AvgIpc) is 2.73. The number of anilines is 1. The maximum atomic E-state index is 12.4. The number of carbonyl (C=O) groups excluding carboxylic acids is 1. The molecule has 1 N–H and O–H groups in total. The molecular weight excluding hydrogens is 336 g/mol. The van der Waals surface area contributed by atoms with Crippen molar-refractivity contribution in [3.05, 3.63) is 89.9 Å². The van der Waals surface area contributed by atoms with Crippen LogP contribution in [-0.4, -0.2) is 29.0 Å². The number of amides is 1. The lowest BCUT2D eigenvalue weighted by Gasteiger charge is -2.22. The van der Waals surface area contributed by atoms with Gasteiger partial charge in [0.1, 0.15) is 17.8 Å². The third-order valence-electron chi connectivity index (χ3n) is 4.35. The van der Waals surface area contributed by atoms with Crippen molar-refractivity contribution in [2.24, 2.45) is 0 Å². The Morgan fingerprint density at radius 2 is 1.63 bits per heavy atom. The quantitative estimate of drug-likeness (QED) is 0.668. The van der Waals surface area contributed by atoms with E-state index in [-0.39, 0.29) is 5.91 Å². The molecule has 0 saturated carbocycles. The van der Waals surface area contributed by atoms with Crippen LogP contribution in [0.4, 0.5) is 5.82 Å². The molecule has 1 aromatic heterocycles. The predicted molar refractivity (Wildman–Crippen MR) is 108 cm³/mol. The summed E-state index contributed by atoms with van der Waals surface area (Å²) in [5.74, 6) is 0.579. The van der Waals surface area contributed by atoms with Crippen molar-refractivity contribution >= 4 is 11.7 Å². The zero-order valence-corrected chi connectivity index (χ0v) is 15.5. The topological polar surface area (TPSA) is 58.1 Å². The van der Waals surface area contributed by atoms with Gasteiger partial charge in [-0.25, -0.2) is 9.97 Å². The van der Waals surface area contributed by atoms with Crippen molar-refractivity contribution in [3.63, 3.8) is 0 Å². The highest BCUT2D eigenvalue weighted by Gasteiger charge is 2.12. The second kappa shape index (κ2) is 9.48. The van der Waals surface area contributed by atoms with E-state index in [1.54, 1.807) is 6.07 Å². The van der Waals surface area contributed by atoms with Gasteiger partial charge in [-0.15, -0.1) is 0 Å². The number of aromatic nitrogens is 2. The maximum Gasteiger partial charge on any atom is 0.270 e. The summed E-state index contributed by atoms with van der Waals surface area (Å²) < 4.78 is 0. The summed E-state index contributed by atoms with van der Waals surface area (Å²) in [5, 5.41) is 2.93. The van der Waals surface area contributed by atoms with Crippen LogP contribution in [-0.2, 0) is 13.0 Å². The largest absolute Gasteiger partial charge is 0.352 e. The van der Waals surface area contributed by atoms with Crippen molar-refractivity contribution in [3.8, 4) is 0 Å². The number of benzene rings is 2. The molecule has 1 amide bonds. The Morgan fingerprint density at radius 3 is 2.30 bits per heavy atom. The zero-order valence-electron chi connectivity index (χ0n) is 15.5. The van der Waals surface area contributed by atoms with Crippen LogP contribution < -0.4 is 10.2 Å². The summed E-state index contributed by atoms with van der Waals surface area (Å²) in [6.07, 6.45) is 2.24. The Morgan fingerprint density at radius 1 is 0.963 bits per heavy atom. The Labute approximate surface area is 160 Å². The molecule has 0 spiro atoms. The van der Waals surface area contributed by atoms with Crippen LogP contribution in [0.3, 0.4) is 0 Å². The number of hydrogen-bond donors (Lipinski definition) is 1. The number of rotatable bonds is 8. The van der Waals surface area contributed by atoms with Gasteiger partial charge in [-0.2, -0.15) is 0 Å². The average molecular weight is 360 g/mol. The van der Waals surface area contributed by atoms with Gasteiger partial charge in [-0.1, -0.05) is 60.7 Å². The Bertz CT molecular complexity index is 852. The van der Waals surface area contributed by atoms with Crippen molar-refractivity contribution < 1.29 is 4.79 Å². The van der Waals surface area contributed by atoms with E-state index in [0.717, 1.165) is 25.3 Å². The lowest BCUT2D eigenvalue weighted by atomic mass is 10.1. The summed E-state index contributed by atoms with van der Waals surface area (Å²) in [6, 6.07) is 22.1. The van der Waals surface area contributed by atoms with Gasteiger partial charge in [-0.05, 0) is 24.5 Å². The smallest absolute Gasteiger partial charge is 0.270 e. The zero-order chi connectivity index (χ0) is 18.9. The van der Waals surface area contributed by atoms with Crippen LogP contribution in [0.1, 0.15) is 28.5 Å². The van der Waals surface area contributed by atoms with Crippen molar-refractivity contribution in [2.75, 3.05) is 18.0 Å². The van der Waals surface area contributed by atoms with Crippen LogP contribution in [0.2, 0.25) is 0 Å². The molecule has 1 heterocycles. The van der Waals surface area contributed by atoms with Gasteiger partial charge in [0.25, 0.3) is 5.91 Å². The molecular formula is C22H24N4O. The lowest BCUT2D eigenvalue weighted by Crippen LogP contribution is -2.28. The van der Waals surface area contributed by atoms with E-state index in [2.05, 4.69) is 51.4 Å². The lowest BCUT2D eigenvalue weighted by molar-refractivity contribution is 0.0949. The number of hydrogen-bond acceptors (Lipinski definition) is 4. The standard InChI is InChI=1S/C22H24N4O/c1-2-26(16-19-11-7-4-8-12-19)21-15-20(24-17-25-21)22(27)23-14-13-18-9-5-3-6-10-18/h3-12,15,17H,2,13-14,16H2,1H3,(H,23,27). The monoisotopic (exact) mass is 360 g/mol. The molecule has 0 bridgehead atoms. The van der Waals surface area contributed by atoms with Gasteiger partial charge < -0.3 is 10.2 Å². The minimum absolute atomic E-state index is 0.176. The van der Waals surface area contributed by atoms with Crippen molar-refractivity contribution in [1.29, 1.82) is 0 Å². The highest BCUT2D eigenvalue weighted by Crippen LogP contribution is 2.14. The van der Waals surface area contributed by atoms with E-state index in [1.165, 1.54) is 17.5 Å². The van der Waals surface area contributed by atoms with Gasteiger partial charge in [0.2, 0.25) is 0 Å². The van der Waals surface area contributed by atoms with Crippen molar-refractivity contribution in [2.45, 2.75) is 19.9 Å². The fourth-order valence-corrected chi connectivity index (χ4v) is 2.86. The van der Waals surface area contributed by atoms with E-state index in [0.29, 0.717) is 12.2 Å².